The number of rotatable bonds is 8. The van der Waals surface area contributed by atoms with Gasteiger partial charge in [-0.05, 0) is 44.4 Å². The Bertz CT molecular complexity index is 358. The molecule has 0 heterocycles. The smallest absolute Gasteiger partial charge is 0.313 e. The third-order valence-corrected chi connectivity index (χ3v) is 4.95. The average Bonchev–Trinajstić information content (AvgIpc) is 2.93. The van der Waals surface area contributed by atoms with Crippen LogP contribution in [0.2, 0.25) is 0 Å². The minimum atomic E-state index is -0.859. The maximum absolute atomic E-state index is 12.7. The normalized spacial score (nSPS) is 20.2. The number of carbonyl (C=O) groups excluding carboxylic acids is 1. The van der Waals surface area contributed by atoms with E-state index in [-0.39, 0.29) is 17.8 Å². The van der Waals surface area contributed by atoms with Crippen LogP contribution in [0.25, 0.3) is 0 Å². The standard InChI is InChI=1S/C17H30O4/c1-5-17(16(20)21-6-2,13-9-7-8-10-13)14(15(18)19)11-12(3)4/h12-14H,5-11H2,1-4H3,(H,18,19). The first-order chi connectivity index (χ1) is 9.90. The van der Waals surface area contributed by atoms with Crippen LogP contribution in [0.15, 0.2) is 0 Å². The van der Waals surface area contributed by atoms with Crippen LogP contribution in [0.1, 0.15) is 66.2 Å². The topological polar surface area (TPSA) is 63.6 Å². The summed E-state index contributed by atoms with van der Waals surface area (Å²) in [6, 6.07) is 0. The molecule has 0 aromatic heterocycles. The van der Waals surface area contributed by atoms with Crippen molar-refractivity contribution in [3.63, 3.8) is 0 Å². The van der Waals surface area contributed by atoms with Gasteiger partial charge >= 0.3 is 11.9 Å². The van der Waals surface area contributed by atoms with Gasteiger partial charge in [-0.25, -0.2) is 0 Å². The molecular formula is C17H30O4. The Labute approximate surface area is 128 Å². The summed E-state index contributed by atoms with van der Waals surface area (Å²) < 4.78 is 5.32. The zero-order chi connectivity index (χ0) is 16.0. The molecule has 2 atom stereocenters. The van der Waals surface area contributed by atoms with Crippen LogP contribution in [0, 0.1) is 23.2 Å². The van der Waals surface area contributed by atoms with Crippen molar-refractivity contribution in [1.29, 1.82) is 0 Å². The van der Waals surface area contributed by atoms with Crippen LogP contribution in [-0.4, -0.2) is 23.7 Å². The maximum atomic E-state index is 12.7. The van der Waals surface area contributed by atoms with Crippen molar-refractivity contribution in [3.05, 3.63) is 0 Å². The van der Waals surface area contributed by atoms with E-state index in [1.54, 1.807) is 6.92 Å². The molecule has 1 aliphatic carbocycles. The van der Waals surface area contributed by atoms with Crippen LogP contribution in [0.3, 0.4) is 0 Å². The summed E-state index contributed by atoms with van der Waals surface area (Å²) in [5, 5.41) is 9.76. The Morgan fingerprint density at radius 1 is 1.24 bits per heavy atom. The SMILES string of the molecule is CCOC(=O)C(CC)(C1CCCC1)C(CC(C)C)C(=O)O. The van der Waals surface area contributed by atoms with E-state index in [0.29, 0.717) is 19.4 Å². The minimum Gasteiger partial charge on any atom is -0.481 e. The molecule has 0 saturated heterocycles. The van der Waals surface area contributed by atoms with Gasteiger partial charge in [0.25, 0.3) is 0 Å². The fraction of sp³-hybridized carbons (Fsp3) is 0.882. The Morgan fingerprint density at radius 3 is 2.19 bits per heavy atom. The van der Waals surface area contributed by atoms with Crippen LogP contribution < -0.4 is 0 Å². The molecule has 1 rings (SSSR count). The number of hydrogen-bond donors (Lipinski definition) is 1. The van der Waals surface area contributed by atoms with Gasteiger partial charge < -0.3 is 9.84 Å². The highest BCUT2D eigenvalue weighted by Gasteiger charge is 2.54. The molecule has 0 aliphatic heterocycles. The molecule has 122 valence electrons. The lowest BCUT2D eigenvalue weighted by Gasteiger charge is -2.41. The molecule has 1 fully saturated rings. The second-order valence-electron chi connectivity index (χ2n) is 6.62. The lowest BCUT2D eigenvalue weighted by Crippen LogP contribution is -2.48. The molecule has 0 aromatic rings. The molecule has 0 bridgehead atoms. The van der Waals surface area contributed by atoms with Crippen molar-refractivity contribution >= 4 is 11.9 Å². The fourth-order valence-corrected chi connectivity index (χ4v) is 3.98. The second-order valence-corrected chi connectivity index (χ2v) is 6.62. The van der Waals surface area contributed by atoms with Gasteiger partial charge in [0, 0.05) is 0 Å². The van der Waals surface area contributed by atoms with Crippen molar-refractivity contribution in [1.82, 2.24) is 0 Å². The molecule has 21 heavy (non-hydrogen) atoms. The zero-order valence-electron chi connectivity index (χ0n) is 13.9. The molecule has 0 spiro atoms. The molecule has 0 radical (unpaired) electrons. The zero-order valence-corrected chi connectivity index (χ0v) is 13.9. The van der Waals surface area contributed by atoms with Gasteiger partial charge in [-0.2, -0.15) is 0 Å². The Balaban J connectivity index is 3.23. The lowest BCUT2D eigenvalue weighted by atomic mass is 9.62. The lowest BCUT2D eigenvalue weighted by molar-refractivity contribution is -0.173. The summed E-state index contributed by atoms with van der Waals surface area (Å²) in [5.74, 6) is -1.42. The van der Waals surface area contributed by atoms with Crippen molar-refractivity contribution in [2.24, 2.45) is 23.2 Å². The Kier molecular flexibility index (Phi) is 6.69. The van der Waals surface area contributed by atoms with Crippen molar-refractivity contribution < 1.29 is 19.4 Å². The van der Waals surface area contributed by atoms with Gasteiger partial charge in [-0.15, -0.1) is 0 Å². The Morgan fingerprint density at radius 2 is 1.81 bits per heavy atom. The van der Waals surface area contributed by atoms with Gasteiger partial charge in [-0.1, -0.05) is 33.6 Å². The van der Waals surface area contributed by atoms with Crippen molar-refractivity contribution in [2.45, 2.75) is 66.2 Å². The quantitative estimate of drug-likeness (QED) is 0.691. The first-order valence-corrected chi connectivity index (χ1v) is 8.30. The van der Waals surface area contributed by atoms with Gasteiger partial charge in [0.15, 0.2) is 0 Å². The molecule has 2 unspecified atom stereocenters. The van der Waals surface area contributed by atoms with Crippen LogP contribution in [0.5, 0.6) is 0 Å². The molecule has 4 nitrogen and oxygen atoms in total. The largest absolute Gasteiger partial charge is 0.481 e. The molecule has 0 amide bonds. The number of ether oxygens (including phenoxy) is 1. The van der Waals surface area contributed by atoms with Gasteiger partial charge in [0.2, 0.25) is 0 Å². The summed E-state index contributed by atoms with van der Waals surface area (Å²) >= 11 is 0. The van der Waals surface area contributed by atoms with E-state index in [1.807, 2.05) is 20.8 Å². The van der Waals surface area contributed by atoms with E-state index in [9.17, 15) is 14.7 Å². The second kappa shape index (κ2) is 7.81. The maximum Gasteiger partial charge on any atom is 0.313 e. The minimum absolute atomic E-state index is 0.140. The summed E-state index contributed by atoms with van der Waals surface area (Å²) in [5.41, 5.74) is -0.859. The third-order valence-electron chi connectivity index (χ3n) is 4.95. The molecule has 1 saturated carbocycles. The van der Waals surface area contributed by atoms with E-state index in [0.717, 1.165) is 25.7 Å². The third kappa shape index (κ3) is 3.78. The Hall–Kier alpha value is -1.06. The number of carboxylic acids is 1. The van der Waals surface area contributed by atoms with E-state index in [4.69, 9.17) is 4.74 Å². The average molecular weight is 298 g/mol. The highest BCUT2D eigenvalue weighted by molar-refractivity contribution is 5.85. The number of carbonyl (C=O) groups is 2. The van der Waals surface area contributed by atoms with Crippen molar-refractivity contribution in [2.75, 3.05) is 6.61 Å². The fourth-order valence-electron chi connectivity index (χ4n) is 3.98. The van der Waals surface area contributed by atoms with Crippen LogP contribution in [0.4, 0.5) is 0 Å². The molecule has 4 heteroatoms. The van der Waals surface area contributed by atoms with Crippen LogP contribution in [-0.2, 0) is 14.3 Å². The highest BCUT2D eigenvalue weighted by atomic mass is 16.5. The summed E-state index contributed by atoms with van der Waals surface area (Å²) in [4.78, 5) is 24.6. The first-order valence-electron chi connectivity index (χ1n) is 8.30. The van der Waals surface area contributed by atoms with Gasteiger partial charge in [0.05, 0.1) is 17.9 Å². The molecule has 0 aromatic carbocycles. The van der Waals surface area contributed by atoms with Gasteiger partial charge in [-0.3, -0.25) is 9.59 Å². The number of carboxylic acid groups (broad SMARTS) is 1. The van der Waals surface area contributed by atoms with Crippen LogP contribution >= 0.6 is 0 Å². The highest BCUT2D eigenvalue weighted by Crippen LogP contribution is 2.50. The number of aliphatic carboxylic acids is 1. The first kappa shape index (κ1) is 18.0. The summed E-state index contributed by atoms with van der Waals surface area (Å²) in [6.45, 7) is 8.05. The number of hydrogen-bond acceptors (Lipinski definition) is 3. The van der Waals surface area contributed by atoms with Gasteiger partial charge in [0.1, 0.15) is 0 Å². The van der Waals surface area contributed by atoms with E-state index < -0.39 is 17.3 Å². The molecule has 1 aliphatic rings. The van der Waals surface area contributed by atoms with E-state index in [1.165, 1.54) is 0 Å². The predicted molar refractivity (Wildman–Crippen MR) is 81.9 cm³/mol. The molecule has 1 N–H and O–H groups in total. The molecular weight excluding hydrogens is 268 g/mol. The predicted octanol–water partition coefficient (Wildman–Crippen LogP) is 3.88. The number of esters is 1. The van der Waals surface area contributed by atoms with Crippen molar-refractivity contribution in [3.8, 4) is 0 Å². The monoisotopic (exact) mass is 298 g/mol. The summed E-state index contributed by atoms with van der Waals surface area (Å²) in [7, 11) is 0. The van der Waals surface area contributed by atoms with E-state index >= 15 is 0 Å². The summed E-state index contributed by atoms with van der Waals surface area (Å²) in [6.07, 6.45) is 5.11. The van der Waals surface area contributed by atoms with E-state index in [2.05, 4.69) is 0 Å².